The van der Waals surface area contributed by atoms with Crippen LogP contribution < -0.4 is 0 Å². The lowest BCUT2D eigenvalue weighted by Gasteiger charge is -2.39. The molecule has 2 heterocycles. The molecule has 2 aliphatic heterocycles. The van der Waals surface area contributed by atoms with Gasteiger partial charge in [0.05, 0.1) is 37.6 Å². The highest BCUT2D eigenvalue weighted by molar-refractivity contribution is 5.14. The minimum atomic E-state index is 0.225. The molecule has 3 fully saturated rings. The summed E-state index contributed by atoms with van der Waals surface area (Å²) in [6.45, 7) is 15.9. The Labute approximate surface area is 191 Å². The molecular weight excluding hydrogens is 384 g/mol. The summed E-state index contributed by atoms with van der Waals surface area (Å²) in [6.07, 6.45) is 13.6. The van der Waals surface area contributed by atoms with Crippen molar-refractivity contribution in [2.24, 2.45) is 47.3 Å². The molecule has 0 aromatic carbocycles. The first-order valence-corrected chi connectivity index (χ1v) is 13.4. The zero-order valence-corrected chi connectivity index (χ0v) is 21.0. The quantitative estimate of drug-likeness (QED) is 0.409. The summed E-state index contributed by atoms with van der Waals surface area (Å²) in [7, 11) is 0. The fourth-order valence-electron chi connectivity index (χ4n) is 6.98. The second-order valence-electron chi connectivity index (χ2n) is 12.2. The van der Waals surface area contributed by atoms with E-state index in [0.717, 1.165) is 25.0 Å². The average molecular weight is 433 g/mol. The van der Waals surface area contributed by atoms with Gasteiger partial charge in [0, 0.05) is 11.8 Å². The number of hydrogen-bond donors (Lipinski definition) is 0. The van der Waals surface area contributed by atoms with Crippen LogP contribution in [0.4, 0.5) is 0 Å². The Kier molecular flexibility index (Phi) is 7.87. The molecule has 4 aliphatic rings. The van der Waals surface area contributed by atoms with Crippen molar-refractivity contribution >= 4 is 0 Å². The van der Waals surface area contributed by atoms with Crippen LogP contribution in [0.5, 0.6) is 0 Å². The normalized spacial score (nSPS) is 45.2. The lowest BCUT2D eigenvalue weighted by atomic mass is 9.75. The fourth-order valence-corrected chi connectivity index (χ4v) is 6.98. The van der Waals surface area contributed by atoms with Crippen molar-refractivity contribution in [3.63, 3.8) is 0 Å². The molecule has 0 radical (unpaired) electrons. The smallest absolute Gasteiger partial charge is 0.0819 e. The lowest BCUT2D eigenvalue weighted by Crippen LogP contribution is -2.40. The predicted molar refractivity (Wildman–Crippen MR) is 127 cm³/mol. The highest BCUT2D eigenvalue weighted by Gasteiger charge is 2.47. The maximum atomic E-state index is 6.69. The van der Waals surface area contributed by atoms with E-state index in [2.05, 4.69) is 53.7 Å². The van der Waals surface area contributed by atoms with Crippen molar-refractivity contribution in [1.82, 2.24) is 0 Å². The van der Waals surface area contributed by atoms with Crippen LogP contribution in [-0.2, 0) is 14.2 Å². The largest absolute Gasteiger partial charge is 0.377 e. The van der Waals surface area contributed by atoms with Crippen LogP contribution in [-0.4, -0.2) is 37.6 Å². The molecular formula is C28H48O3. The summed E-state index contributed by atoms with van der Waals surface area (Å²) in [5.41, 5.74) is 0. The van der Waals surface area contributed by atoms with Gasteiger partial charge in [0.15, 0.2) is 0 Å². The highest BCUT2D eigenvalue weighted by atomic mass is 16.5. The van der Waals surface area contributed by atoms with Gasteiger partial charge < -0.3 is 14.2 Å². The monoisotopic (exact) mass is 432 g/mol. The molecule has 2 bridgehead atoms. The van der Waals surface area contributed by atoms with E-state index < -0.39 is 0 Å². The Hall–Kier alpha value is -0.380. The standard InChI is InChI=1S/C28H48O3/c1-17(2)21-9-7-19(5)13-27(21)29-15-23-24(26-12-11-25(23)31-26)16-30-28-14-20(6)8-10-22(28)18(3)4/h11-12,17-28H,7-10,13-16H2,1-6H3. The van der Waals surface area contributed by atoms with Gasteiger partial charge in [-0.1, -0.05) is 66.5 Å². The summed E-state index contributed by atoms with van der Waals surface area (Å²) in [5.74, 6) is 5.28. The van der Waals surface area contributed by atoms with Crippen molar-refractivity contribution in [3.05, 3.63) is 12.2 Å². The summed E-state index contributed by atoms with van der Waals surface area (Å²) in [5, 5.41) is 0. The van der Waals surface area contributed by atoms with E-state index in [-0.39, 0.29) is 12.2 Å². The van der Waals surface area contributed by atoms with Crippen LogP contribution in [0.2, 0.25) is 0 Å². The Morgan fingerprint density at radius 1 is 0.710 bits per heavy atom. The van der Waals surface area contributed by atoms with Crippen LogP contribution in [0.25, 0.3) is 0 Å². The Balaban J connectivity index is 1.36. The van der Waals surface area contributed by atoms with Crippen LogP contribution in [0, 0.1) is 47.3 Å². The molecule has 0 N–H and O–H groups in total. The number of ether oxygens (including phenoxy) is 3. The molecule has 10 unspecified atom stereocenters. The number of hydrogen-bond acceptors (Lipinski definition) is 3. The molecule has 31 heavy (non-hydrogen) atoms. The molecule has 0 aromatic heterocycles. The van der Waals surface area contributed by atoms with Crippen molar-refractivity contribution < 1.29 is 14.2 Å². The third-order valence-corrected chi connectivity index (χ3v) is 9.13. The van der Waals surface area contributed by atoms with Crippen LogP contribution >= 0.6 is 0 Å². The van der Waals surface area contributed by atoms with Crippen LogP contribution in [0.15, 0.2) is 12.2 Å². The molecule has 3 heteroatoms. The lowest BCUT2D eigenvalue weighted by molar-refractivity contribution is -0.0789. The summed E-state index contributed by atoms with van der Waals surface area (Å²) < 4.78 is 19.7. The van der Waals surface area contributed by atoms with E-state index in [9.17, 15) is 0 Å². The van der Waals surface area contributed by atoms with Crippen molar-refractivity contribution in [3.8, 4) is 0 Å². The molecule has 0 spiro atoms. The molecule has 4 rings (SSSR count). The van der Waals surface area contributed by atoms with Crippen LogP contribution in [0.3, 0.4) is 0 Å². The average Bonchev–Trinajstić information content (AvgIpc) is 3.32. The van der Waals surface area contributed by atoms with Gasteiger partial charge in [0.25, 0.3) is 0 Å². The van der Waals surface area contributed by atoms with Gasteiger partial charge in [-0.3, -0.25) is 0 Å². The van der Waals surface area contributed by atoms with Crippen LogP contribution in [0.1, 0.15) is 80.1 Å². The minimum Gasteiger partial charge on any atom is -0.377 e. The zero-order chi connectivity index (χ0) is 22.1. The Bertz CT molecular complexity index is 549. The van der Waals surface area contributed by atoms with Gasteiger partial charge in [0.1, 0.15) is 0 Å². The van der Waals surface area contributed by atoms with Gasteiger partial charge >= 0.3 is 0 Å². The first kappa shape index (κ1) is 23.8. The molecule has 2 saturated carbocycles. The third-order valence-electron chi connectivity index (χ3n) is 9.13. The van der Waals surface area contributed by atoms with E-state index in [1.807, 2.05) is 0 Å². The number of fused-ring (bicyclic) bond motifs is 2. The molecule has 10 atom stereocenters. The van der Waals surface area contributed by atoms with E-state index in [1.165, 1.54) is 38.5 Å². The first-order chi connectivity index (χ1) is 14.8. The second kappa shape index (κ2) is 10.3. The maximum absolute atomic E-state index is 6.69. The fraction of sp³-hybridized carbons (Fsp3) is 0.929. The number of rotatable bonds is 8. The predicted octanol–water partition coefficient (Wildman–Crippen LogP) is 6.51. The molecule has 3 nitrogen and oxygen atoms in total. The van der Waals surface area contributed by atoms with Crippen molar-refractivity contribution in [1.29, 1.82) is 0 Å². The van der Waals surface area contributed by atoms with Crippen molar-refractivity contribution in [2.75, 3.05) is 13.2 Å². The van der Waals surface area contributed by atoms with E-state index >= 15 is 0 Å². The summed E-state index contributed by atoms with van der Waals surface area (Å²) in [6, 6.07) is 0. The molecule has 2 aliphatic carbocycles. The first-order valence-electron chi connectivity index (χ1n) is 13.4. The zero-order valence-electron chi connectivity index (χ0n) is 21.0. The summed E-state index contributed by atoms with van der Waals surface area (Å²) in [4.78, 5) is 0. The minimum absolute atomic E-state index is 0.225. The topological polar surface area (TPSA) is 27.7 Å². The van der Waals surface area contributed by atoms with E-state index in [4.69, 9.17) is 14.2 Å². The molecule has 0 aromatic rings. The third kappa shape index (κ3) is 5.41. The van der Waals surface area contributed by atoms with Gasteiger partial charge in [0.2, 0.25) is 0 Å². The van der Waals surface area contributed by atoms with Gasteiger partial charge in [-0.05, 0) is 61.2 Å². The second-order valence-corrected chi connectivity index (χ2v) is 12.2. The Morgan fingerprint density at radius 3 is 1.52 bits per heavy atom. The van der Waals surface area contributed by atoms with Crippen molar-refractivity contribution in [2.45, 2.75) is 104 Å². The van der Waals surface area contributed by atoms with Gasteiger partial charge in [-0.2, -0.15) is 0 Å². The van der Waals surface area contributed by atoms with Gasteiger partial charge in [-0.15, -0.1) is 0 Å². The highest BCUT2D eigenvalue weighted by Crippen LogP contribution is 2.43. The van der Waals surface area contributed by atoms with Gasteiger partial charge in [-0.25, -0.2) is 0 Å². The molecule has 1 saturated heterocycles. The SMILES string of the molecule is CC1CCC(C(C)C)C(OCC2C3C=CC(O3)C2COC2CC(C)CCC2C(C)C)C1. The Morgan fingerprint density at radius 2 is 1.13 bits per heavy atom. The maximum Gasteiger partial charge on any atom is 0.0819 e. The summed E-state index contributed by atoms with van der Waals surface area (Å²) >= 11 is 0. The molecule has 0 amide bonds. The van der Waals surface area contributed by atoms with E-state index in [1.54, 1.807) is 0 Å². The van der Waals surface area contributed by atoms with E-state index in [0.29, 0.717) is 47.7 Å². The molecule has 178 valence electrons.